The predicted octanol–water partition coefficient (Wildman–Crippen LogP) is 3.86. The van der Waals surface area contributed by atoms with Crippen molar-refractivity contribution in [3.63, 3.8) is 0 Å². The maximum Gasteiger partial charge on any atom is 0.122 e. The average molecular weight is 269 g/mol. The van der Waals surface area contributed by atoms with Crippen molar-refractivity contribution >= 4 is 0 Å². The summed E-state index contributed by atoms with van der Waals surface area (Å²) in [6, 6.07) is 12.8. The van der Waals surface area contributed by atoms with Gasteiger partial charge >= 0.3 is 0 Å². The van der Waals surface area contributed by atoms with Gasteiger partial charge < -0.3 is 10.5 Å². The van der Waals surface area contributed by atoms with Gasteiger partial charge in [-0.2, -0.15) is 0 Å². The summed E-state index contributed by atoms with van der Waals surface area (Å²) in [6.07, 6.45) is 0.855. The van der Waals surface area contributed by atoms with Gasteiger partial charge in [-0.15, -0.1) is 0 Å². The highest BCUT2D eigenvalue weighted by atomic mass is 16.5. The van der Waals surface area contributed by atoms with Crippen LogP contribution in [-0.2, 0) is 6.42 Å². The summed E-state index contributed by atoms with van der Waals surface area (Å²) in [5.41, 5.74) is 12.5. The first-order valence-corrected chi connectivity index (χ1v) is 6.97. The van der Waals surface area contributed by atoms with Crippen LogP contribution in [0.3, 0.4) is 0 Å². The molecule has 0 aliphatic rings. The van der Waals surface area contributed by atoms with E-state index in [4.69, 9.17) is 10.5 Å². The van der Waals surface area contributed by atoms with Gasteiger partial charge in [-0.3, -0.25) is 0 Å². The molecule has 0 aromatic heterocycles. The highest BCUT2D eigenvalue weighted by Gasteiger charge is 2.12. The van der Waals surface area contributed by atoms with E-state index >= 15 is 0 Å². The quantitative estimate of drug-likeness (QED) is 0.914. The average Bonchev–Trinajstić information content (AvgIpc) is 2.40. The second-order valence-corrected chi connectivity index (χ2v) is 5.48. The second-order valence-electron chi connectivity index (χ2n) is 5.48. The van der Waals surface area contributed by atoms with Crippen molar-refractivity contribution < 1.29 is 4.74 Å². The monoisotopic (exact) mass is 269 g/mol. The summed E-state index contributed by atoms with van der Waals surface area (Å²) in [4.78, 5) is 0. The van der Waals surface area contributed by atoms with E-state index in [2.05, 4.69) is 57.2 Å². The van der Waals surface area contributed by atoms with Crippen molar-refractivity contribution in [1.29, 1.82) is 0 Å². The molecule has 0 saturated heterocycles. The molecule has 106 valence electrons. The number of ether oxygens (including phenoxy) is 1. The first-order chi connectivity index (χ1) is 9.51. The van der Waals surface area contributed by atoms with Gasteiger partial charge in [-0.05, 0) is 55.5 Å². The number of rotatable bonds is 4. The highest BCUT2D eigenvalue weighted by molar-refractivity contribution is 5.43. The van der Waals surface area contributed by atoms with Gasteiger partial charge in [0.05, 0.1) is 7.11 Å². The van der Waals surface area contributed by atoms with Gasteiger partial charge in [0.2, 0.25) is 0 Å². The van der Waals surface area contributed by atoms with E-state index in [1.165, 1.54) is 22.3 Å². The molecule has 0 saturated carbocycles. The zero-order valence-electron chi connectivity index (χ0n) is 12.7. The second kappa shape index (κ2) is 6.10. The number of hydrogen-bond donors (Lipinski definition) is 1. The van der Waals surface area contributed by atoms with E-state index in [0.717, 1.165) is 17.7 Å². The van der Waals surface area contributed by atoms with Gasteiger partial charge in [0.1, 0.15) is 5.75 Å². The fourth-order valence-electron chi connectivity index (χ4n) is 2.63. The third kappa shape index (κ3) is 3.20. The molecule has 2 aromatic carbocycles. The first-order valence-electron chi connectivity index (χ1n) is 6.97. The summed E-state index contributed by atoms with van der Waals surface area (Å²) < 4.78 is 5.35. The number of aryl methyl sites for hydroxylation is 3. The number of hydrogen-bond acceptors (Lipinski definition) is 2. The van der Waals surface area contributed by atoms with Crippen LogP contribution < -0.4 is 10.5 Å². The van der Waals surface area contributed by atoms with E-state index in [1.807, 2.05) is 0 Å². The smallest absolute Gasteiger partial charge is 0.122 e. The summed E-state index contributed by atoms with van der Waals surface area (Å²) in [6.45, 7) is 6.26. The minimum Gasteiger partial charge on any atom is -0.496 e. The molecule has 1 atom stereocenters. The molecule has 0 spiro atoms. The lowest BCUT2D eigenvalue weighted by atomic mass is 9.94. The molecule has 0 aliphatic carbocycles. The SMILES string of the molecule is COc1cc(C)c(C(N)Cc2cccc(C)c2)cc1C. The minimum absolute atomic E-state index is 0.0152. The van der Waals surface area contributed by atoms with Gasteiger partial charge in [0.25, 0.3) is 0 Å². The first kappa shape index (κ1) is 14.6. The molecular weight excluding hydrogens is 246 g/mol. The molecule has 1 unspecified atom stereocenters. The largest absolute Gasteiger partial charge is 0.496 e. The van der Waals surface area contributed by atoms with E-state index < -0.39 is 0 Å². The summed E-state index contributed by atoms with van der Waals surface area (Å²) >= 11 is 0. The Balaban J connectivity index is 2.25. The standard InChI is InChI=1S/C18H23NO/c1-12-6-5-7-15(8-12)11-17(19)16-9-14(3)18(20-4)10-13(16)2/h5-10,17H,11,19H2,1-4H3. The lowest BCUT2D eigenvalue weighted by molar-refractivity contribution is 0.411. The highest BCUT2D eigenvalue weighted by Crippen LogP contribution is 2.27. The Hall–Kier alpha value is -1.80. The number of methoxy groups -OCH3 is 1. The molecule has 0 radical (unpaired) electrons. The molecule has 0 bridgehead atoms. The Labute approximate surface area is 121 Å². The van der Waals surface area contributed by atoms with Crippen LogP contribution in [0.15, 0.2) is 36.4 Å². The molecule has 0 fully saturated rings. The number of benzene rings is 2. The summed E-state index contributed by atoms with van der Waals surface area (Å²) in [5.74, 6) is 0.925. The Morgan fingerprint density at radius 2 is 1.80 bits per heavy atom. The maximum atomic E-state index is 6.40. The molecule has 2 N–H and O–H groups in total. The molecular formula is C18H23NO. The summed E-state index contributed by atoms with van der Waals surface area (Å²) in [7, 11) is 1.70. The van der Waals surface area contributed by atoms with Crippen LogP contribution in [0.25, 0.3) is 0 Å². The zero-order valence-corrected chi connectivity index (χ0v) is 12.7. The topological polar surface area (TPSA) is 35.2 Å². The lowest BCUT2D eigenvalue weighted by Crippen LogP contribution is -2.15. The maximum absolute atomic E-state index is 6.40. The van der Waals surface area contributed by atoms with E-state index in [9.17, 15) is 0 Å². The van der Waals surface area contributed by atoms with Gasteiger partial charge in [0, 0.05) is 6.04 Å². The normalized spacial score (nSPS) is 12.2. The lowest BCUT2D eigenvalue weighted by Gasteiger charge is -2.17. The Morgan fingerprint density at radius 1 is 1.05 bits per heavy atom. The van der Waals surface area contributed by atoms with Crippen LogP contribution in [0.2, 0.25) is 0 Å². The third-order valence-electron chi connectivity index (χ3n) is 3.72. The van der Waals surface area contributed by atoms with Crippen LogP contribution in [0.5, 0.6) is 5.75 Å². The predicted molar refractivity (Wildman–Crippen MR) is 84.3 cm³/mol. The summed E-state index contributed by atoms with van der Waals surface area (Å²) in [5, 5.41) is 0. The van der Waals surface area contributed by atoms with Crippen LogP contribution in [0.4, 0.5) is 0 Å². The Bertz CT molecular complexity index is 604. The van der Waals surface area contributed by atoms with Crippen LogP contribution >= 0.6 is 0 Å². The Morgan fingerprint density at radius 3 is 2.45 bits per heavy atom. The van der Waals surface area contributed by atoms with Crippen LogP contribution in [-0.4, -0.2) is 7.11 Å². The zero-order chi connectivity index (χ0) is 14.7. The third-order valence-corrected chi connectivity index (χ3v) is 3.72. The van der Waals surface area contributed by atoms with Gasteiger partial charge in [-0.25, -0.2) is 0 Å². The van der Waals surface area contributed by atoms with Gasteiger partial charge in [0.15, 0.2) is 0 Å². The molecule has 0 aliphatic heterocycles. The fraction of sp³-hybridized carbons (Fsp3) is 0.333. The molecule has 20 heavy (non-hydrogen) atoms. The van der Waals surface area contributed by atoms with E-state index in [-0.39, 0.29) is 6.04 Å². The van der Waals surface area contributed by atoms with Crippen molar-refractivity contribution in [3.05, 3.63) is 64.2 Å². The van der Waals surface area contributed by atoms with Crippen molar-refractivity contribution in [1.82, 2.24) is 0 Å². The van der Waals surface area contributed by atoms with Crippen molar-refractivity contribution in [2.24, 2.45) is 5.73 Å². The van der Waals surface area contributed by atoms with Crippen LogP contribution in [0, 0.1) is 20.8 Å². The molecule has 2 nitrogen and oxygen atoms in total. The minimum atomic E-state index is 0.0152. The van der Waals surface area contributed by atoms with Crippen LogP contribution in [0.1, 0.15) is 33.9 Å². The molecule has 0 heterocycles. The Kier molecular flexibility index (Phi) is 4.46. The van der Waals surface area contributed by atoms with E-state index in [0.29, 0.717) is 0 Å². The van der Waals surface area contributed by atoms with Gasteiger partial charge in [-0.1, -0.05) is 35.9 Å². The molecule has 2 aromatic rings. The fourth-order valence-corrected chi connectivity index (χ4v) is 2.63. The molecule has 2 heteroatoms. The van der Waals surface area contributed by atoms with Crippen molar-refractivity contribution in [2.45, 2.75) is 33.2 Å². The van der Waals surface area contributed by atoms with Crippen molar-refractivity contribution in [2.75, 3.05) is 7.11 Å². The van der Waals surface area contributed by atoms with Crippen molar-refractivity contribution in [3.8, 4) is 5.75 Å². The number of nitrogens with two attached hydrogens (primary N) is 1. The molecule has 2 rings (SSSR count). The molecule has 0 amide bonds. The van der Waals surface area contributed by atoms with E-state index in [1.54, 1.807) is 7.11 Å².